The molecule has 0 aliphatic carbocycles. The van der Waals surface area contributed by atoms with Gasteiger partial charge >= 0.3 is 0 Å². The zero-order chi connectivity index (χ0) is 17.1. The van der Waals surface area contributed by atoms with Gasteiger partial charge in [-0.1, -0.05) is 12.1 Å². The monoisotopic (exact) mass is 327 g/mol. The second-order valence-corrected chi connectivity index (χ2v) is 5.97. The lowest BCUT2D eigenvalue weighted by Crippen LogP contribution is -2.06. The Kier molecular flexibility index (Phi) is 4.81. The third-order valence-corrected chi connectivity index (χ3v) is 4.51. The third-order valence-electron chi connectivity index (χ3n) is 4.51. The molecule has 24 heavy (non-hydrogen) atoms. The molecular formula is C19H22FN3O. The largest absolute Gasteiger partial charge is 0.395 e. The minimum atomic E-state index is -0.211. The van der Waals surface area contributed by atoms with Gasteiger partial charge in [0, 0.05) is 24.2 Å². The second kappa shape index (κ2) is 7.01. The Bertz CT molecular complexity index is 840. The Morgan fingerprint density at radius 3 is 2.62 bits per heavy atom. The summed E-state index contributed by atoms with van der Waals surface area (Å²) >= 11 is 0. The number of benzene rings is 1. The summed E-state index contributed by atoms with van der Waals surface area (Å²) in [6.45, 7) is 5.57. The van der Waals surface area contributed by atoms with E-state index in [0.29, 0.717) is 6.54 Å². The van der Waals surface area contributed by atoms with Crippen LogP contribution in [-0.4, -0.2) is 27.8 Å². The molecule has 0 saturated heterocycles. The number of pyridine rings is 1. The number of halogens is 1. The molecule has 0 aliphatic rings. The average Bonchev–Trinajstić information content (AvgIpc) is 2.83. The van der Waals surface area contributed by atoms with Gasteiger partial charge in [0.2, 0.25) is 0 Å². The van der Waals surface area contributed by atoms with Crippen molar-refractivity contribution >= 4 is 16.6 Å². The van der Waals surface area contributed by atoms with Crippen LogP contribution in [0.2, 0.25) is 0 Å². The average molecular weight is 327 g/mol. The van der Waals surface area contributed by atoms with E-state index < -0.39 is 0 Å². The molecule has 4 nitrogen and oxygen atoms in total. The van der Waals surface area contributed by atoms with Gasteiger partial charge in [0.15, 0.2) is 0 Å². The van der Waals surface area contributed by atoms with Crippen molar-refractivity contribution < 1.29 is 9.50 Å². The highest BCUT2D eigenvalue weighted by atomic mass is 19.1. The molecule has 0 amide bonds. The number of aryl methyl sites for hydroxylation is 1. The topological polar surface area (TPSA) is 50.1 Å². The fourth-order valence-electron chi connectivity index (χ4n) is 3.13. The molecule has 2 heterocycles. The number of hydrogen-bond acceptors (Lipinski definition) is 3. The number of anilines is 1. The summed E-state index contributed by atoms with van der Waals surface area (Å²) < 4.78 is 15.1. The molecule has 0 bridgehead atoms. The predicted molar refractivity (Wildman–Crippen MR) is 94.9 cm³/mol. The SMILES string of the molecule is Cc1c(C)n(CCO)c2cncc(NCCc3ccc(F)cc3)c12. The zero-order valence-electron chi connectivity index (χ0n) is 14.0. The highest BCUT2D eigenvalue weighted by molar-refractivity contribution is 5.95. The van der Waals surface area contributed by atoms with Crippen LogP contribution in [0.5, 0.6) is 0 Å². The number of rotatable bonds is 6. The van der Waals surface area contributed by atoms with E-state index in [0.717, 1.165) is 40.8 Å². The van der Waals surface area contributed by atoms with Crippen LogP contribution in [0.15, 0.2) is 36.7 Å². The van der Waals surface area contributed by atoms with Crippen LogP contribution in [0.1, 0.15) is 16.8 Å². The van der Waals surface area contributed by atoms with E-state index in [1.165, 1.54) is 17.7 Å². The maximum absolute atomic E-state index is 13.0. The van der Waals surface area contributed by atoms with Gasteiger partial charge in [-0.2, -0.15) is 0 Å². The van der Waals surface area contributed by atoms with Gasteiger partial charge in [-0.3, -0.25) is 4.98 Å². The first-order valence-corrected chi connectivity index (χ1v) is 8.14. The summed E-state index contributed by atoms with van der Waals surface area (Å²) in [6.07, 6.45) is 4.49. The Morgan fingerprint density at radius 2 is 1.92 bits per heavy atom. The molecule has 2 N–H and O–H groups in total. The number of nitrogens with zero attached hydrogens (tertiary/aromatic N) is 2. The smallest absolute Gasteiger partial charge is 0.123 e. The van der Waals surface area contributed by atoms with Crippen LogP contribution < -0.4 is 5.32 Å². The standard InChI is InChI=1S/C19H22FN3O/c1-13-14(2)23(9-10-24)18-12-21-11-17(19(13)18)22-8-7-15-3-5-16(20)6-4-15/h3-6,11-12,22,24H,7-10H2,1-2H3. The summed E-state index contributed by atoms with van der Waals surface area (Å²) in [4.78, 5) is 4.33. The molecule has 5 heteroatoms. The molecule has 2 aromatic heterocycles. The lowest BCUT2D eigenvalue weighted by molar-refractivity contribution is 0.277. The van der Waals surface area contributed by atoms with Crippen molar-refractivity contribution in [2.24, 2.45) is 0 Å². The van der Waals surface area contributed by atoms with Gasteiger partial charge in [-0.15, -0.1) is 0 Å². The van der Waals surface area contributed by atoms with E-state index in [2.05, 4.69) is 28.7 Å². The number of aromatic nitrogens is 2. The van der Waals surface area contributed by atoms with Crippen LogP contribution in [0, 0.1) is 19.7 Å². The number of nitrogens with one attached hydrogen (secondary N) is 1. The first kappa shape index (κ1) is 16.5. The van der Waals surface area contributed by atoms with Gasteiger partial charge < -0.3 is 15.0 Å². The molecule has 0 atom stereocenters. The minimum absolute atomic E-state index is 0.103. The van der Waals surface area contributed by atoms with E-state index >= 15 is 0 Å². The number of fused-ring (bicyclic) bond motifs is 1. The maximum atomic E-state index is 13.0. The summed E-state index contributed by atoms with van der Waals surface area (Å²) in [5.41, 5.74) is 5.46. The highest BCUT2D eigenvalue weighted by Gasteiger charge is 2.14. The predicted octanol–water partition coefficient (Wildman–Crippen LogP) is 3.44. The van der Waals surface area contributed by atoms with E-state index in [1.807, 2.05) is 24.5 Å². The summed E-state index contributed by atoms with van der Waals surface area (Å²) in [5, 5.41) is 13.9. The Morgan fingerprint density at radius 1 is 1.17 bits per heavy atom. The van der Waals surface area contributed by atoms with Crippen molar-refractivity contribution in [3.63, 3.8) is 0 Å². The minimum Gasteiger partial charge on any atom is -0.395 e. The normalized spacial score (nSPS) is 11.2. The van der Waals surface area contributed by atoms with Crippen molar-refractivity contribution in [1.29, 1.82) is 0 Å². The quantitative estimate of drug-likeness (QED) is 0.729. The van der Waals surface area contributed by atoms with Crippen LogP contribution in [0.25, 0.3) is 10.9 Å². The van der Waals surface area contributed by atoms with E-state index in [9.17, 15) is 9.50 Å². The summed E-state index contributed by atoms with van der Waals surface area (Å²) in [6, 6.07) is 6.59. The van der Waals surface area contributed by atoms with Gasteiger partial charge in [0.25, 0.3) is 0 Å². The Balaban J connectivity index is 1.82. The Labute approximate surface area is 141 Å². The highest BCUT2D eigenvalue weighted by Crippen LogP contribution is 2.30. The second-order valence-electron chi connectivity index (χ2n) is 5.97. The number of aliphatic hydroxyl groups excluding tert-OH is 1. The molecule has 0 unspecified atom stereocenters. The summed E-state index contributed by atoms with van der Waals surface area (Å²) in [5.74, 6) is -0.211. The lowest BCUT2D eigenvalue weighted by atomic mass is 10.1. The van der Waals surface area contributed by atoms with Gasteiger partial charge in [-0.05, 0) is 43.5 Å². The molecule has 126 valence electrons. The Hall–Kier alpha value is -2.40. The molecule has 0 spiro atoms. The number of aliphatic hydroxyl groups is 1. The van der Waals surface area contributed by atoms with Gasteiger partial charge in [0.1, 0.15) is 5.82 Å². The van der Waals surface area contributed by atoms with E-state index in [4.69, 9.17) is 0 Å². The molecule has 0 radical (unpaired) electrons. The van der Waals surface area contributed by atoms with Crippen molar-refractivity contribution in [3.05, 3.63) is 59.3 Å². The van der Waals surface area contributed by atoms with E-state index in [1.54, 1.807) is 0 Å². The van der Waals surface area contributed by atoms with Gasteiger partial charge in [0.05, 0.1) is 30.2 Å². The molecule has 0 fully saturated rings. The molecule has 3 aromatic rings. The molecule has 1 aromatic carbocycles. The van der Waals surface area contributed by atoms with Crippen LogP contribution in [0.3, 0.4) is 0 Å². The third kappa shape index (κ3) is 3.12. The molecule has 0 aliphatic heterocycles. The maximum Gasteiger partial charge on any atom is 0.123 e. The molecule has 3 rings (SSSR count). The molecular weight excluding hydrogens is 305 g/mol. The van der Waals surface area contributed by atoms with Crippen LogP contribution in [0.4, 0.5) is 10.1 Å². The number of hydrogen-bond donors (Lipinski definition) is 2. The summed E-state index contributed by atoms with van der Waals surface area (Å²) in [7, 11) is 0. The lowest BCUT2D eigenvalue weighted by Gasteiger charge is -2.09. The van der Waals surface area contributed by atoms with E-state index in [-0.39, 0.29) is 12.4 Å². The first-order valence-electron chi connectivity index (χ1n) is 8.14. The first-order chi connectivity index (χ1) is 11.6. The van der Waals surface area contributed by atoms with Crippen molar-refractivity contribution in [3.8, 4) is 0 Å². The van der Waals surface area contributed by atoms with Crippen molar-refractivity contribution in [2.45, 2.75) is 26.8 Å². The van der Waals surface area contributed by atoms with Crippen molar-refractivity contribution in [2.75, 3.05) is 18.5 Å². The fourth-order valence-corrected chi connectivity index (χ4v) is 3.13. The van der Waals surface area contributed by atoms with Gasteiger partial charge in [-0.25, -0.2) is 4.39 Å². The fraction of sp³-hybridized carbons (Fsp3) is 0.316. The van der Waals surface area contributed by atoms with Crippen LogP contribution >= 0.6 is 0 Å². The zero-order valence-corrected chi connectivity index (χ0v) is 14.0. The van der Waals surface area contributed by atoms with Crippen LogP contribution in [-0.2, 0) is 13.0 Å². The van der Waals surface area contributed by atoms with Crippen molar-refractivity contribution in [1.82, 2.24) is 9.55 Å². The molecule has 0 saturated carbocycles.